The molecule has 72 valence electrons. The van der Waals surface area contributed by atoms with Gasteiger partial charge in [-0.2, -0.15) is 0 Å². The summed E-state index contributed by atoms with van der Waals surface area (Å²) in [5, 5.41) is 8.36. The fourth-order valence-corrected chi connectivity index (χ4v) is 0.201. The third-order valence-electron chi connectivity index (χ3n) is 1.04. The minimum absolute atomic E-state index is 0.116. The van der Waals surface area contributed by atoms with Gasteiger partial charge in [0.25, 0.3) is 0 Å². The Bertz CT molecular complexity index is 119. The number of hydrogen-bond donors (Lipinski definition) is 1. The van der Waals surface area contributed by atoms with Crippen molar-refractivity contribution in [3.63, 3.8) is 0 Å². The first-order chi connectivity index (χ1) is 5.58. The Labute approximate surface area is 74.0 Å². The van der Waals surface area contributed by atoms with Crippen molar-refractivity contribution in [3.05, 3.63) is 12.7 Å². The van der Waals surface area contributed by atoms with E-state index in [0.29, 0.717) is 6.61 Å². The Hall–Kier alpha value is -0.830. The van der Waals surface area contributed by atoms with Crippen molar-refractivity contribution in [1.82, 2.24) is 0 Å². The van der Waals surface area contributed by atoms with E-state index in [-0.39, 0.29) is 12.1 Å². The molecule has 3 nitrogen and oxygen atoms in total. The van der Waals surface area contributed by atoms with Gasteiger partial charge in [0.1, 0.15) is 0 Å². The van der Waals surface area contributed by atoms with Gasteiger partial charge >= 0.3 is 5.97 Å². The summed E-state index contributed by atoms with van der Waals surface area (Å²) < 4.78 is 4.43. The smallest absolute Gasteiger partial charge is 0.330 e. The molecule has 0 bridgehead atoms. The SMILES string of the molecule is C=CC(=O)OCC.CCC(C)O. The largest absolute Gasteiger partial charge is 0.463 e. The lowest BCUT2D eigenvalue weighted by atomic mass is 10.3. The Morgan fingerprint density at radius 1 is 1.67 bits per heavy atom. The number of aliphatic hydroxyl groups excluding tert-OH is 1. The van der Waals surface area contributed by atoms with Crippen LogP contribution in [0.25, 0.3) is 0 Å². The molecule has 0 aromatic heterocycles. The minimum atomic E-state index is -0.359. The molecule has 0 aromatic rings. The summed E-state index contributed by atoms with van der Waals surface area (Å²) >= 11 is 0. The number of carbonyl (C=O) groups is 1. The van der Waals surface area contributed by atoms with Gasteiger partial charge in [-0.25, -0.2) is 4.79 Å². The molecule has 0 spiro atoms. The monoisotopic (exact) mass is 174 g/mol. The van der Waals surface area contributed by atoms with E-state index >= 15 is 0 Å². The van der Waals surface area contributed by atoms with Crippen molar-refractivity contribution in [2.45, 2.75) is 33.3 Å². The molecule has 1 atom stereocenters. The summed E-state index contributed by atoms with van der Waals surface area (Å²) in [5.74, 6) is -0.359. The Morgan fingerprint density at radius 2 is 2.08 bits per heavy atom. The molecule has 0 aliphatic carbocycles. The average Bonchev–Trinajstić information content (AvgIpc) is 2.06. The number of hydrogen-bond acceptors (Lipinski definition) is 3. The third kappa shape index (κ3) is 16.1. The van der Waals surface area contributed by atoms with Crippen molar-refractivity contribution >= 4 is 5.97 Å². The highest BCUT2D eigenvalue weighted by Gasteiger charge is 1.86. The molecule has 12 heavy (non-hydrogen) atoms. The van der Waals surface area contributed by atoms with E-state index in [9.17, 15) is 4.79 Å². The second kappa shape index (κ2) is 10.2. The van der Waals surface area contributed by atoms with E-state index in [4.69, 9.17) is 5.11 Å². The van der Waals surface area contributed by atoms with E-state index < -0.39 is 0 Å². The van der Waals surface area contributed by atoms with Crippen LogP contribution in [0.3, 0.4) is 0 Å². The predicted octanol–water partition coefficient (Wildman–Crippen LogP) is 1.51. The molecule has 1 N–H and O–H groups in total. The van der Waals surface area contributed by atoms with Crippen LogP contribution in [0.4, 0.5) is 0 Å². The van der Waals surface area contributed by atoms with Gasteiger partial charge in [-0.1, -0.05) is 13.5 Å². The van der Waals surface area contributed by atoms with Crippen molar-refractivity contribution in [3.8, 4) is 0 Å². The summed E-state index contributed by atoms with van der Waals surface area (Å²) in [4.78, 5) is 10.1. The Balaban J connectivity index is 0. The van der Waals surface area contributed by atoms with Gasteiger partial charge in [-0.05, 0) is 20.3 Å². The highest BCUT2D eigenvalue weighted by molar-refractivity contribution is 5.81. The standard InChI is InChI=1S/C5H8O2.C4H10O/c1-3-5(6)7-4-2;1-3-4(2)5/h3H,1,4H2,2H3;4-5H,3H2,1-2H3. The van der Waals surface area contributed by atoms with E-state index in [0.717, 1.165) is 12.5 Å². The van der Waals surface area contributed by atoms with Crippen molar-refractivity contribution in [2.75, 3.05) is 6.61 Å². The molecular weight excluding hydrogens is 156 g/mol. The van der Waals surface area contributed by atoms with Gasteiger partial charge in [0.15, 0.2) is 0 Å². The van der Waals surface area contributed by atoms with Crippen LogP contribution < -0.4 is 0 Å². The van der Waals surface area contributed by atoms with E-state index in [2.05, 4.69) is 11.3 Å². The van der Waals surface area contributed by atoms with E-state index in [1.54, 1.807) is 13.8 Å². The highest BCUT2D eigenvalue weighted by atomic mass is 16.5. The summed E-state index contributed by atoms with van der Waals surface area (Å²) in [6, 6.07) is 0. The Kier molecular flexibility index (Phi) is 11.6. The van der Waals surface area contributed by atoms with Gasteiger partial charge in [0.2, 0.25) is 0 Å². The second-order valence-electron chi connectivity index (χ2n) is 2.21. The van der Waals surface area contributed by atoms with Crippen LogP contribution in [-0.2, 0) is 9.53 Å². The lowest BCUT2D eigenvalue weighted by molar-refractivity contribution is -0.137. The molecule has 0 radical (unpaired) electrons. The summed E-state index contributed by atoms with van der Waals surface area (Å²) in [7, 11) is 0. The fraction of sp³-hybridized carbons (Fsp3) is 0.667. The van der Waals surface area contributed by atoms with Crippen molar-refractivity contribution in [1.29, 1.82) is 0 Å². The number of ether oxygens (including phenoxy) is 1. The molecule has 0 heterocycles. The number of esters is 1. The molecule has 0 amide bonds. The first-order valence-corrected chi connectivity index (χ1v) is 4.05. The zero-order valence-corrected chi connectivity index (χ0v) is 8.04. The van der Waals surface area contributed by atoms with Gasteiger partial charge in [-0.15, -0.1) is 0 Å². The minimum Gasteiger partial charge on any atom is -0.463 e. The topological polar surface area (TPSA) is 46.5 Å². The molecular formula is C9H18O3. The first kappa shape index (κ1) is 13.7. The maximum Gasteiger partial charge on any atom is 0.330 e. The first-order valence-electron chi connectivity index (χ1n) is 4.05. The van der Waals surface area contributed by atoms with Crippen molar-refractivity contribution in [2.24, 2.45) is 0 Å². The summed E-state index contributed by atoms with van der Waals surface area (Å²) in [5.41, 5.74) is 0. The third-order valence-corrected chi connectivity index (χ3v) is 1.04. The highest BCUT2D eigenvalue weighted by Crippen LogP contribution is 1.81. The normalized spacial score (nSPS) is 10.7. The molecule has 0 saturated carbocycles. The molecule has 0 saturated heterocycles. The lowest BCUT2D eigenvalue weighted by Crippen LogP contribution is -1.97. The zero-order valence-electron chi connectivity index (χ0n) is 8.04. The van der Waals surface area contributed by atoms with Gasteiger partial charge < -0.3 is 9.84 Å². The van der Waals surface area contributed by atoms with Crippen LogP contribution in [0.15, 0.2) is 12.7 Å². The average molecular weight is 174 g/mol. The van der Waals surface area contributed by atoms with Crippen LogP contribution >= 0.6 is 0 Å². The predicted molar refractivity (Wildman–Crippen MR) is 48.8 cm³/mol. The van der Waals surface area contributed by atoms with Crippen molar-refractivity contribution < 1.29 is 14.6 Å². The Morgan fingerprint density at radius 3 is 2.17 bits per heavy atom. The van der Waals surface area contributed by atoms with E-state index in [1.165, 1.54) is 0 Å². The number of carbonyl (C=O) groups excluding carboxylic acids is 1. The molecule has 0 aromatic carbocycles. The van der Waals surface area contributed by atoms with Gasteiger partial charge in [0.05, 0.1) is 12.7 Å². The molecule has 0 fully saturated rings. The maximum absolute atomic E-state index is 10.1. The quantitative estimate of drug-likeness (QED) is 0.521. The van der Waals surface area contributed by atoms with Crippen LogP contribution in [0.2, 0.25) is 0 Å². The van der Waals surface area contributed by atoms with Crippen LogP contribution in [0, 0.1) is 0 Å². The summed E-state index contributed by atoms with van der Waals surface area (Å²) in [6.07, 6.45) is 1.89. The maximum atomic E-state index is 10.1. The molecule has 0 aliphatic rings. The number of aliphatic hydroxyl groups is 1. The molecule has 0 rings (SSSR count). The fourth-order valence-electron chi connectivity index (χ4n) is 0.201. The van der Waals surface area contributed by atoms with E-state index in [1.807, 2.05) is 6.92 Å². The van der Waals surface area contributed by atoms with Gasteiger partial charge in [-0.3, -0.25) is 0 Å². The van der Waals surface area contributed by atoms with Gasteiger partial charge in [0, 0.05) is 6.08 Å². The van der Waals surface area contributed by atoms with Crippen LogP contribution in [0.1, 0.15) is 27.2 Å². The molecule has 3 heteroatoms. The van der Waals surface area contributed by atoms with Crippen LogP contribution in [-0.4, -0.2) is 23.8 Å². The zero-order chi connectivity index (χ0) is 9.98. The molecule has 0 aliphatic heterocycles. The molecule has 1 unspecified atom stereocenters. The van der Waals surface area contributed by atoms with Crippen LogP contribution in [0.5, 0.6) is 0 Å². The number of rotatable bonds is 3. The summed E-state index contributed by atoms with van der Waals surface area (Å²) in [6.45, 7) is 9.10. The lowest BCUT2D eigenvalue weighted by Gasteiger charge is -1.90. The second-order valence-corrected chi connectivity index (χ2v) is 2.21.